The van der Waals surface area contributed by atoms with E-state index < -0.39 is 6.09 Å². The lowest BCUT2D eigenvalue weighted by atomic mass is 10.1. The molecule has 152 valence electrons. The fraction of sp³-hybridized carbons (Fsp3) is 0.318. The van der Waals surface area contributed by atoms with E-state index in [1.54, 1.807) is 23.5 Å². The Hall–Kier alpha value is -2.77. The van der Waals surface area contributed by atoms with Crippen molar-refractivity contribution in [3.05, 3.63) is 59.1 Å². The molecule has 0 saturated carbocycles. The van der Waals surface area contributed by atoms with Gasteiger partial charge in [0.25, 0.3) is 0 Å². The van der Waals surface area contributed by atoms with Gasteiger partial charge < -0.3 is 9.47 Å². The van der Waals surface area contributed by atoms with Gasteiger partial charge in [-0.05, 0) is 36.6 Å². The zero-order chi connectivity index (χ0) is 20.8. The average Bonchev–Trinajstić information content (AvgIpc) is 3.12. The number of aryl methyl sites for hydroxylation is 1. The van der Waals surface area contributed by atoms with Crippen LogP contribution in [0.25, 0.3) is 10.2 Å². The molecular formula is C22H24N2O4S. The van der Waals surface area contributed by atoms with Crippen molar-refractivity contribution in [1.29, 1.82) is 0 Å². The highest BCUT2D eigenvalue weighted by molar-refractivity contribution is 7.18. The SMILES string of the molecule is COC(=O)N(C(=O)CC(C)COCc1nc2ccccc2s1)c1ccccc1C. The van der Waals surface area contributed by atoms with E-state index in [9.17, 15) is 9.59 Å². The quantitative estimate of drug-likeness (QED) is 0.549. The minimum atomic E-state index is -0.688. The number of ether oxygens (including phenoxy) is 2. The molecule has 29 heavy (non-hydrogen) atoms. The number of imide groups is 1. The largest absolute Gasteiger partial charge is 0.452 e. The molecule has 0 aliphatic rings. The summed E-state index contributed by atoms with van der Waals surface area (Å²) < 4.78 is 11.7. The molecule has 0 bridgehead atoms. The molecule has 0 aliphatic carbocycles. The predicted molar refractivity (Wildman–Crippen MR) is 114 cm³/mol. The summed E-state index contributed by atoms with van der Waals surface area (Å²) in [5, 5.41) is 0.904. The maximum Gasteiger partial charge on any atom is 0.420 e. The summed E-state index contributed by atoms with van der Waals surface area (Å²) in [6, 6.07) is 15.2. The van der Waals surface area contributed by atoms with E-state index in [-0.39, 0.29) is 18.2 Å². The van der Waals surface area contributed by atoms with Gasteiger partial charge in [-0.2, -0.15) is 0 Å². The van der Waals surface area contributed by atoms with Crippen molar-refractivity contribution in [2.24, 2.45) is 5.92 Å². The van der Waals surface area contributed by atoms with Crippen LogP contribution < -0.4 is 4.90 Å². The zero-order valence-corrected chi connectivity index (χ0v) is 17.6. The van der Waals surface area contributed by atoms with E-state index in [0.29, 0.717) is 18.9 Å². The van der Waals surface area contributed by atoms with Crippen LogP contribution >= 0.6 is 11.3 Å². The predicted octanol–water partition coefficient (Wildman–Crippen LogP) is 4.95. The molecule has 1 atom stereocenters. The maximum absolute atomic E-state index is 12.8. The molecule has 1 unspecified atom stereocenters. The second-order valence-corrected chi connectivity index (χ2v) is 8.00. The Balaban J connectivity index is 1.57. The Kier molecular flexibility index (Phi) is 6.95. The van der Waals surface area contributed by atoms with Crippen LogP contribution in [0.4, 0.5) is 10.5 Å². The van der Waals surface area contributed by atoms with Crippen molar-refractivity contribution in [3.63, 3.8) is 0 Å². The van der Waals surface area contributed by atoms with Gasteiger partial charge in [0.05, 0.1) is 36.2 Å². The molecule has 2 amide bonds. The minimum absolute atomic E-state index is 0.0620. The Labute approximate surface area is 174 Å². The number of amides is 2. The Morgan fingerprint density at radius 1 is 1.14 bits per heavy atom. The highest BCUT2D eigenvalue weighted by atomic mass is 32.1. The monoisotopic (exact) mass is 412 g/mol. The van der Waals surface area contributed by atoms with Crippen LogP contribution in [0.2, 0.25) is 0 Å². The summed E-state index contributed by atoms with van der Waals surface area (Å²) >= 11 is 1.60. The van der Waals surface area contributed by atoms with E-state index >= 15 is 0 Å². The van der Waals surface area contributed by atoms with Crippen LogP contribution in [0.3, 0.4) is 0 Å². The first-order chi connectivity index (χ1) is 14.0. The molecule has 7 heteroatoms. The van der Waals surface area contributed by atoms with Crippen LogP contribution in [0, 0.1) is 12.8 Å². The lowest BCUT2D eigenvalue weighted by Gasteiger charge is -2.22. The number of aromatic nitrogens is 1. The van der Waals surface area contributed by atoms with Crippen molar-refractivity contribution in [2.75, 3.05) is 18.6 Å². The third-order valence-corrected chi connectivity index (χ3v) is 5.46. The molecule has 1 aromatic heterocycles. The molecule has 1 heterocycles. The molecule has 0 aliphatic heterocycles. The summed E-state index contributed by atoms with van der Waals surface area (Å²) in [5.74, 6) is -0.379. The van der Waals surface area contributed by atoms with Gasteiger partial charge in [0.15, 0.2) is 0 Å². The second-order valence-electron chi connectivity index (χ2n) is 6.89. The fourth-order valence-electron chi connectivity index (χ4n) is 3.02. The molecular weight excluding hydrogens is 388 g/mol. The number of benzene rings is 2. The first-order valence-electron chi connectivity index (χ1n) is 9.38. The van der Waals surface area contributed by atoms with Crippen molar-refractivity contribution in [2.45, 2.75) is 26.9 Å². The number of hydrogen-bond donors (Lipinski definition) is 0. The van der Waals surface area contributed by atoms with Crippen molar-refractivity contribution in [3.8, 4) is 0 Å². The molecule has 6 nitrogen and oxygen atoms in total. The summed E-state index contributed by atoms with van der Waals surface area (Å²) in [6.45, 7) is 4.56. The molecule has 3 aromatic rings. The molecule has 0 fully saturated rings. The number of carbonyl (C=O) groups excluding carboxylic acids is 2. The van der Waals surface area contributed by atoms with E-state index in [2.05, 4.69) is 4.98 Å². The van der Waals surface area contributed by atoms with E-state index in [1.165, 1.54) is 7.11 Å². The normalized spacial score (nSPS) is 12.0. The average molecular weight is 413 g/mol. The highest BCUT2D eigenvalue weighted by Gasteiger charge is 2.26. The third kappa shape index (κ3) is 5.19. The maximum atomic E-state index is 12.8. The van der Waals surface area contributed by atoms with E-state index in [4.69, 9.17) is 9.47 Å². The molecule has 3 rings (SSSR count). The summed E-state index contributed by atoms with van der Waals surface area (Å²) in [6.07, 6.45) is -0.518. The topological polar surface area (TPSA) is 68.7 Å². The van der Waals surface area contributed by atoms with Crippen LogP contribution in [-0.2, 0) is 20.9 Å². The summed E-state index contributed by atoms with van der Waals surface area (Å²) in [4.78, 5) is 30.7. The standard InChI is InChI=1S/C22H24N2O4S/c1-15(13-28-14-20-23-17-9-5-7-11-19(17)29-20)12-21(25)24(22(26)27-3)18-10-6-4-8-16(18)2/h4-11,15H,12-14H2,1-3H3. The second kappa shape index (κ2) is 9.62. The molecule has 0 N–H and O–H groups in total. The van der Waals surface area contributed by atoms with Crippen LogP contribution in [-0.4, -0.2) is 30.7 Å². The molecule has 0 spiro atoms. The first kappa shape index (κ1) is 21.0. The Morgan fingerprint density at radius 3 is 2.59 bits per heavy atom. The van der Waals surface area contributed by atoms with Crippen LogP contribution in [0.1, 0.15) is 23.9 Å². The number of fused-ring (bicyclic) bond motifs is 1. The lowest BCUT2D eigenvalue weighted by Crippen LogP contribution is -2.38. The zero-order valence-electron chi connectivity index (χ0n) is 16.8. The number of rotatable bonds is 7. The summed E-state index contributed by atoms with van der Waals surface area (Å²) in [5.41, 5.74) is 2.32. The smallest absolute Gasteiger partial charge is 0.420 e. The van der Waals surface area contributed by atoms with Gasteiger partial charge in [-0.3, -0.25) is 4.79 Å². The van der Waals surface area contributed by atoms with Gasteiger partial charge >= 0.3 is 6.09 Å². The number of para-hydroxylation sites is 2. The van der Waals surface area contributed by atoms with Gasteiger partial charge in [-0.25, -0.2) is 14.7 Å². The minimum Gasteiger partial charge on any atom is -0.452 e. The third-order valence-electron chi connectivity index (χ3n) is 4.45. The fourth-order valence-corrected chi connectivity index (χ4v) is 3.92. The number of carbonyl (C=O) groups is 2. The van der Waals surface area contributed by atoms with E-state index in [1.807, 2.05) is 50.2 Å². The van der Waals surface area contributed by atoms with Gasteiger partial charge in [-0.1, -0.05) is 37.3 Å². The summed E-state index contributed by atoms with van der Waals surface area (Å²) in [7, 11) is 1.27. The number of anilines is 1. The molecule has 2 aromatic carbocycles. The van der Waals surface area contributed by atoms with E-state index in [0.717, 1.165) is 25.7 Å². The number of nitrogens with zero attached hydrogens (tertiary/aromatic N) is 2. The Bertz CT molecular complexity index is 968. The number of methoxy groups -OCH3 is 1. The van der Waals surface area contributed by atoms with Crippen LogP contribution in [0.15, 0.2) is 48.5 Å². The van der Waals surface area contributed by atoms with Crippen molar-refractivity contribution in [1.82, 2.24) is 4.98 Å². The Morgan fingerprint density at radius 2 is 1.86 bits per heavy atom. The number of hydrogen-bond acceptors (Lipinski definition) is 6. The van der Waals surface area contributed by atoms with Gasteiger partial charge in [0, 0.05) is 6.42 Å². The van der Waals surface area contributed by atoms with Gasteiger partial charge in [0.2, 0.25) is 5.91 Å². The lowest BCUT2D eigenvalue weighted by molar-refractivity contribution is -0.119. The van der Waals surface area contributed by atoms with Gasteiger partial charge in [-0.15, -0.1) is 11.3 Å². The van der Waals surface area contributed by atoms with Crippen molar-refractivity contribution >= 4 is 39.2 Å². The highest BCUT2D eigenvalue weighted by Crippen LogP contribution is 2.24. The first-order valence-corrected chi connectivity index (χ1v) is 10.2. The molecule has 0 radical (unpaired) electrons. The molecule has 0 saturated heterocycles. The van der Waals surface area contributed by atoms with Gasteiger partial charge in [0.1, 0.15) is 5.01 Å². The number of thiazole rings is 1. The van der Waals surface area contributed by atoms with Crippen LogP contribution in [0.5, 0.6) is 0 Å². The van der Waals surface area contributed by atoms with Crippen molar-refractivity contribution < 1.29 is 19.1 Å².